The molecule has 2 atom stereocenters. The maximum absolute atomic E-state index is 5.77. The summed E-state index contributed by atoms with van der Waals surface area (Å²) in [5, 5.41) is 8.56. The van der Waals surface area contributed by atoms with Crippen LogP contribution in [0.5, 0.6) is 0 Å². The van der Waals surface area contributed by atoms with Gasteiger partial charge in [-0.25, -0.2) is 9.67 Å². The quantitative estimate of drug-likeness (QED) is 0.798. The van der Waals surface area contributed by atoms with Gasteiger partial charge in [-0.05, 0) is 32.0 Å². The molecule has 120 valence electrons. The SMILES string of the molecule is C[C@@H]1CN(Cc2cn(-c3ccc4nc[nH]c4c3)nn2)C[C@H](C)O1. The average Bonchev–Trinajstić information content (AvgIpc) is 3.14. The zero-order chi connectivity index (χ0) is 15.8. The molecule has 0 radical (unpaired) electrons. The third-order valence-corrected chi connectivity index (χ3v) is 4.09. The van der Waals surface area contributed by atoms with Crippen molar-refractivity contribution >= 4 is 11.0 Å². The molecule has 7 nitrogen and oxygen atoms in total. The van der Waals surface area contributed by atoms with E-state index in [0.29, 0.717) is 0 Å². The number of morpholine rings is 1. The van der Waals surface area contributed by atoms with Gasteiger partial charge in [0.05, 0.1) is 47.1 Å². The molecule has 7 heteroatoms. The number of nitrogens with one attached hydrogen (secondary N) is 1. The first-order valence-electron chi connectivity index (χ1n) is 7.90. The molecule has 0 bridgehead atoms. The summed E-state index contributed by atoms with van der Waals surface area (Å²) in [5.74, 6) is 0. The van der Waals surface area contributed by atoms with Crippen molar-refractivity contribution in [3.8, 4) is 5.69 Å². The highest BCUT2D eigenvalue weighted by Crippen LogP contribution is 2.16. The Morgan fingerprint density at radius 2 is 2.09 bits per heavy atom. The van der Waals surface area contributed by atoms with Crippen LogP contribution in [0.1, 0.15) is 19.5 Å². The molecule has 1 aliphatic rings. The van der Waals surface area contributed by atoms with Crippen molar-refractivity contribution in [1.82, 2.24) is 29.9 Å². The van der Waals surface area contributed by atoms with Crippen molar-refractivity contribution < 1.29 is 4.74 Å². The minimum absolute atomic E-state index is 0.261. The van der Waals surface area contributed by atoms with Crippen molar-refractivity contribution in [3.63, 3.8) is 0 Å². The van der Waals surface area contributed by atoms with Gasteiger partial charge < -0.3 is 9.72 Å². The van der Waals surface area contributed by atoms with Crippen LogP contribution in [0.2, 0.25) is 0 Å². The smallest absolute Gasteiger partial charge is 0.0971 e. The zero-order valence-electron chi connectivity index (χ0n) is 13.3. The molecule has 1 aromatic carbocycles. The van der Waals surface area contributed by atoms with Gasteiger partial charge in [-0.3, -0.25) is 4.90 Å². The van der Waals surface area contributed by atoms with Gasteiger partial charge in [0.2, 0.25) is 0 Å². The number of rotatable bonds is 3. The molecule has 1 fully saturated rings. The second-order valence-corrected chi connectivity index (χ2v) is 6.21. The lowest BCUT2D eigenvalue weighted by molar-refractivity contribution is -0.0707. The Balaban J connectivity index is 1.52. The number of fused-ring (bicyclic) bond motifs is 1. The molecule has 4 rings (SSSR count). The molecule has 0 aliphatic carbocycles. The van der Waals surface area contributed by atoms with E-state index in [1.807, 2.05) is 29.1 Å². The number of nitrogens with zero attached hydrogens (tertiary/aromatic N) is 5. The van der Waals surface area contributed by atoms with Crippen LogP contribution in [-0.2, 0) is 11.3 Å². The minimum Gasteiger partial charge on any atom is -0.373 e. The van der Waals surface area contributed by atoms with Gasteiger partial charge in [-0.1, -0.05) is 5.21 Å². The Bertz CT molecular complexity index is 800. The molecule has 3 aromatic rings. The molecule has 1 N–H and O–H groups in total. The highest BCUT2D eigenvalue weighted by atomic mass is 16.5. The Kier molecular flexibility index (Phi) is 3.59. The van der Waals surface area contributed by atoms with Crippen molar-refractivity contribution in [2.75, 3.05) is 13.1 Å². The second-order valence-electron chi connectivity index (χ2n) is 6.21. The van der Waals surface area contributed by atoms with E-state index in [4.69, 9.17) is 4.74 Å². The van der Waals surface area contributed by atoms with Gasteiger partial charge in [0.15, 0.2) is 0 Å². The van der Waals surface area contributed by atoms with E-state index in [0.717, 1.165) is 42.0 Å². The van der Waals surface area contributed by atoms with Crippen molar-refractivity contribution in [3.05, 3.63) is 36.4 Å². The van der Waals surface area contributed by atoms with Crippen LogP contribution in [0.15, 0.2) is 30.7 Å². The van der Waals surface area contributed by atoms with Gasteiger partial charge in [0, 0.05) is 19.6 Å². The average molecular weight is 312 g/mol. The molecule has 2 aromatic heterocycles. The summed E-state index contributed by atoms with van der Waals surface area (Å²) in [7, 11) is 0. The standard InChI is InChI=1S/C16H20N6O/c1-11-6-21(7-12(2)23-11)8-13-9-22(20-19-13)14-3-4-15-16(5-14)18-10-17-15/h3-5,9-12H,6-8H2,1-2H3,(H,17,18)/t11-,12+. The van der Waals surface area contributed by atoms with E-state index in [1.165, 1.54) is 0 Å². The molecule has 1 saturated heterocycles. The Morgan fingerprint density at radius 3 is 2.91 bits per heavy atom. The van der Waals surface area contributed by atoms with Gasteiger partial charge >= 0.3 is 0 Å². The van der Waals surface area contributed by atoms with Crippen LogP contribution in [0.4, 0.5) is 0 Å². The first-order chi connectivity index (χ1) is 11.2. The van der Waals surface area contributed by atoms with Gasteiger partial charge in [0.1, 0.15) is 0 Å². The molecular formula is C16H20N6O. The van der Waals surface area contributed by atoms with Crippen LogP contribution >= 0.6 is 0 Å². The van der Waals surface area contributed by atoms with E-state index in [-0.39, 0.29) is 12.2 Å². The van der Waals surface area contributed by atoms with Crippen molar-refractivity contribution in [1.29, 1.82) is 0 Å². The molecule has 0 spiro atoms. The molecule has 23 heavy (non-hydrogen) atoms. The summed E-state index contributed by atoms with van der Waals surface area (Å²) >= 11 is 0. The van der Waals surface area contributed by atoms with E-state index in [9.17, 15) is 0 Å². The first-order valence-corrected chi connectivity index (χ1v) is 7.90. The number of hydrogen-bond acceptors (Lipinski definition) is 5. The molecule has 1 aliphatic heterocycles. The van der Waals surface area contributed by atoms with E-state index in [2.05, 4.69) is 39.0 Å². The van der Waals surface area contributed by atoms with Gasteiger partial charge in [-0.2, -0.15) is 0 Å². The van der Waals surface area contributed by atoms with Crippen LogP contribution in [-0.4, -0.2) is 55.2 Å². The number of hydrogen-bond donors (Lipinski definition) is 1. The highest BCUT2D eigenvalue weighted by molar-refractivity contribution is 5.76. The number of H-pyrrole nitrogens is 1. The fourth-order valence-corrected chi connectivity index (χ4v) is 3.21. The van der Waals surface area contributed by atoms with Crippen molar-refractivity contribution in [2.24, 2.45) is 0 Å². The van der Waals surface area contributed by atoms with Crippen LogP contribution < -0.4 is 0 Å². The predicted molar refractivity (Wildman–Crippen MR) is 86.3 cm³/mol. The van der Waals surface area contributed by atoms with Crippen LogP contribution in [0.25, 0.3) is 16.7 Å². The Hall–Kier alpha value is -2.25. The summed E-state index contributed by atoms with van der Waals surface area (Å²) in [6, 6.07) is 6.01. The number of benzene rings is 1. The third-order valence-electron chi connectivity index (χ3n) is 4.09. The fraction of sp³-hybridized carbons (Fsp3) is 0.438. The number of aromatic amines is 1. The number of aromatic nitrogens is 5. The van der Waals surface area contributed by atoms with Gasteiger partial charge in [0.25, 0.3) is 0 Å². The maximum atomic E-state index is 5.77. The minimum atomic E-state index is 0.261. The molecule has 0 amide bonds. The van der Waals surface area contributed by atoms with Crippen LogP contribution in [0, 0.1) is 0 Å². The summed E-state index contributed by atoms with van der Waals surface area (Å²) in [4.78, 5) is 9.71. The largest absolute Gasteiger partial charge is 0.373 e. The number of ether oxygens (including phenoxy) is 1. The monoisotopic (exact) mass is 312 g/mol. The van der Waals surface area contributed by atoms with E-state index in [1.54, 1.807) is 6.33 Å². The zero-order valence-corrected chi connectivity index (χ0v) is 13.3. The molecule has 0 saturated carbocycles. The predicted octanol–water partition coefficient (Wildman–Crippen LogP) is 1.75. The summed E-state index contributed by atoms with van der Waals surface area (Å²) in [6.45, 7) is 6.87. The lowest BCUT2D eigenvalue weighted by atomic mass is 10.2. The Labute approximate surface area is 134 Å². The summed E-state index contributed by atoms with van der Waals surface area (Å²) in [5.41, 5.74) is 3.89. The van der Waals surface area contributed by atoms with Crippen molar-refractivity contribution in [2.45, 2.75) is 32.6 Å². The normalized spacial score (nSPS) is 22.7. The molecule has 0 unspecified atom stereocenters. The lowest BCUT2D eigenvalue weighted by Gasteiger charge is -2.34. The molecule has 3 heterocycles. The maximum Gasteiger partial charge on any atom is 0.0971 e. The summed E-state index contributed by atoms with van der Waals surface area (Å²) < 4.78 is 7.58. The topological polar surface area (TPSA) is 71.9 Å². The molecular weight excluding hydrogens is 292 g/mol. The Morgan fingerprint density at radius 1 is 1.26 bits per heavy atom. The number of imidazole rings is 1. The second kappa shape index (κ2) is 5.75. The first kappa shape index (κ1) is 14.3. The van der Waals surface area contributed by atoms with Crippen LogP contribution in [0.3, 0.4) is 0 Å². The third kappa shape index (κ3) is 2.97. The van der Waals surface area contributed by atoms with Gasteiger partial charge in [-0.15, -0.1) is 5.10 Å². The lowest BCUT2D eigenvalue weighted by Crippen LogP contribution is -2.44. The van der Waals surface area contributed by atoms with E-state index >= 15 is 0 Å². The fourth-order valence-electron chi connectivity index (χ4n) is 3.21. The highest BCUT2D eigenvalue weighted by Gasteiger charge is 2.22. The van der Waals surface area contributed by atoms with E-state index < -0.39 is 0 Å². The summed E-state index contributed by atoms with van der Waals surface area (Å²) in [6.07, 6.45) is 4.21.